The highest BCUT2D eigenvalue weighted by Crippen LogP contribution is 2.29. The molecule has 10 heteroatoms. The van der Waals surface area contributed by atoms with Crippen molar-refractivity contribution in [2.75, 3.05) is 5.32 Å². The van der Waals surface area contributed by atoms with Crippen molar-refractivity contribution in [1.82, 2.24) is 15.4 Å². The summed E-state index contributed by atoms with van der Waals surface area (Å²) in [6.07, 6.45) is 0. The van der Waals surface area contributed by atoms with Crippen molar-refractivity contribution in [2.24, 2.45) is 5.84 Å². The number of carbonyl (C=O) groups is 2. The number of nitrogens with one attached hydrogen (secondary N) is 3. The highest BCUT2D eigenvalue weighted by Gasteiger charge is 2.15. The number of nitrogen functional groups attached to an aromatic ring is 1. The second-order valence-corrected chi connectivity index (χ2v) is 7.64. The van der Waals surface area contributed by atoms with Gasteiger partial charge in [-0.1, -0.05) is 23.2 Å². The number of nitrogens with zero attached hydrogens (tertiary/aromatic N) is 1. The fraction of sp³-hybridized carbons (Fsp3) is 0. The standard InChI is InChI=1S/C22H15Cl2N5O3/c23-13-5-7-17(27-20(30)11-1-3-12(4-2-11)21(31)29-25)15(9-13)19-26-18-8-6-14(24)10-16(18)22(32)28-19/h1-10H,25H2,(H,27,30)(H,29,31)(H,26,28,32). The van der Waals surface area contributed by atoms with Gasteiger partial charge < -0.3 is 10.3 Å². The number of anilines is 1. The summed E-state index contributed by atoms with van der Waals surface area (Å²) in [6.45, 7) is 0. The Hall–Kier alpha value is -3.72. The van der Waals surface area contributed by atoms with Gasteiger partial charge in [-0.2, -0.15) is 0 Å². The van der Waals surface area contributed by atoms with Crippen LogP contribution in [0.4, 0.5) is 5.69 Å². The molecule has 0 fully saturated rings. The molecule has 0 unspecified atom stereocenters. The van der Waals surface area contributed by atoms with Gasteiger partial charge in [0.1, 0.15) is 5.82 Å². The third kappa shape index (κ3) is 4.33. The second-order valence-electron chi connectivity index (χ2n) is 6.77. The maximum Gasteiger partial charge on any atom is 0.265 e. The molecule has 5 N–H and O–H groups in total. The lowest BCUT2D eigenvalue weighted by molar-refractivity contribution is 0.0952. The van der Waals surface area contributed by atoms with Gasteiger partial charge in [0.05, 0.1) is 16.6 Å². The Labute approximate surface area is 191 Å². The van der Waals surface area contributed by atoms with Crippen molar-refractivity contribution in [3.8, 4) is 11.4 Å². The van der Waals surface area contributed by atoms with Gasteiger partial charge in [-0.05, 0) is 60.7 Å². The Morgan fingerprint density at radius 2 is 1.50 bits per heavy atom. The third-order valence-corrected chi connectivity index (χ3v) is 5.16. The number of hydrazine groups is 1. The molecule has 160 valence electrons. The minimum Gasteiger partial charge on any atom is -0.321 e. The molecule has 0 spiro atoms. The van der Waals surface area contributed by atoms with E-state index in [0.717, 1.165) is 0 Å². The van der Waals surface area contributed by atoms with Crippen molar-refractivity contribution < 1.29 is 9.59 Å². The van der Waals surface area contributed by atoms with E-state index in [-0.39, 0.29) is 11.4 Å². The number of carbonyl (C=O) groups excluding carboxylic acids is 2. The molecular weight excluding hydrogens is 453 g/mol. The van der Waals surface area contributed by atoms with Crippen molar-refractivity contribution in [3.05, 3.63) is 92.2 Å². The summed E-state index contributed by atoms with van der Waals surface area (Å²) >= 11 is 12.1. The van der Waals surface area contributed by atoms with E-state index in [0.29, 0.717) is 43.3 Å². The zero-order valence-corrected chi connectivity index (χ0v) is 17.8. The van der Waals surface area contributed by atoms with E-state index >= 15 is 0 Å². The number of hydrogen-bond donors (Lipinski definition) is 4. The molecule has 2 amide bonds. The molecule has 0 radical (unpaired) electrons. The van der Waals surface area contributed by atoms with Crippen LogP contribution in [0.2, 0.25) is 10.0 Å². The van der Waals surface area contributed by atoms with E-state index in [1.165, 1.54) is 30.3 Å². The van der Waals surface area contributed by atoms with Crippen LogP contribution in [0.3, 0.4) is 0 Å². The topological polar surface area (TPSA) is 130 Å². The zero-order valence-electron chi connectivity index (χ0n) is 16.3. The number of H-pyrrole nitrogens is 1. The van der Waals surface area contributed by atoms with Gasteiger partial charge in [-0.15, -0.1) is 0 Å². The lowest BCUT2D eigenvalue weighted by Gasteiger charge is -2.12. The lowest BCUT2D eigenvalue weighted by atomic mass is 10.1. The van der Waals surface area contributed by atoms with Gasteiger partial charge in [-0.25, -0.2) is 10.8 Å². The number of hydrogen-bond acceptors (Lipinski definition) is 5. The summed E-state index contributed by atoms with van der Waals surface area (Å²) < 4.78 is 0. The van der Waals surface area contributed by atoms with Crippen molar-refractivity contribution in [2.45, 2.75) is 0 Å². The van der Waals surface area contributed by atoms with Crippen LogP contribution in [0.5, 0.6) is 0 Å². The van der Waals surface area contributed by atoms with Gasteiger partial charge in [0.25, 0.3) is 17.4 Å². The maximum absolute atomic E-state index is 12.8. The van der Waals surface area contributed by atoms with E-state index in [1.54, 1.807) is 30.3 Å². The second kappa shape index (κ2) is 8.80. The predicted molar refractivity (Wildman–Crippen MR) is 124 cm³/mol. The minimum absolute atomic E-state index is 0.234. The van der Waals surface area contributed by atoms with Gasteiger partial charge >= 0.3 is 0 Å². The molecule has 3 aromatic carbocycles. The molecule has 1 aromatic heterocycles. The molecule has 0 saturated carbocycles. The van der Waals surface area contributed by atoms with Crippen LogP contribution in [-0.2, 0) is 0 Å². The number of halogens is 2. The van der Waals surface area contributed by atoms with Crippen LogP contribution in [0, 0.1) is 0 Å². The summed E-state index contributed by atoms with van der Waals surface area (Å²) in [7, 11) is 0. The van der Waals surface area contributed by atoms with Gasteiger partial charge in [0.15, 0.2) is 0 Å². The molecule has 0 saturated heterocycles. The molecular formula is C22H15Cl2N5O3. The van der Waals surface area contributed by atoms with Crippen LogP contribution in [0.25, 0.3) is 22.3 Å². The Kier molecular flexibility index (Phi) is 5.91. The van der Waals surface area contributed by atoms with Gasteiger partial charge in [-0.3, -0.25) is 19.8 Å². The monoisotopic (exact) mass is 467 g/mol. The molecule has 0 aliphatic carbocycles. The van der Waals surface area contributed by atoms with E-state index < -0.39 is 11.8 Å². The van der Waals surface area contributed by atoms with Crippen LogP contribution in [0.15, 0.2) is 65.5 Å². The SMILES string of the molecule is NNC(=O)c1ccc(C(=O)Nc2ccc(Cl)cc2-c2nc3ccc(Cl)cc3c(=O)[nH]2)cc1. The molecule has 32 heavy (non-hydrogen) atoms. The van der Waals surface area contributed by atoms with Gasteiger partial charge in [0.2, 0.25) is 0 Å². The molecule has 1 heterocycles. The first-order chi connectivity index (χ1) is 15.4. The highest BCUT2D eigenvalue weighted by molar-refractivity contribution is 6.31. The third-order valence-electron chi connectivity index (χ3n) is 4.69. The fourth-order valence-corrected chi connectivity index (χ4v) is 3.45. The first kappa shape index (κ1) is 21.5. The predicted octanol–water partition coefficient (Wildman–Crippen LogP) is 3.75. The number of fused-ring (bicyclic) bond motifs is 1. The van der Waals surface area contributed by atoms with Crippen molar-refractivity contribution >= 4 is 51.6 Å². The summed E-state index contributed by atoms with van der Waals surface area (Å²) in [5.74, 6) is 4.45. The first-order valence-electron chi connectivity index (χ1n) is 9.27. The normalized spacial score (nSPS) is 10.7. The molecule has 0 aliphatic heterocycles. The number of rotatable bonds is 4. The van der Waals surface area contributed by atoms with Crippen LogP contribution < -0.4 is 22.1 Å². The average molecular weight is 468 g/mol. The maximum atomic E-state index is 12.8. The van der Waals surface area contributed by atoms with Crippen LogP contribution in [0.1, 0.15) is 20.7 Å². The fourth-order valence-electron chi connectivity index (χ4n) is 3.11. The van der Waals surface area contributed by atoms with Crippen LogP contribution in [-0.4, -0.2) is 21.8 Å². The largest absolute Gasteiger partial charge is 0.321 e. The van der Waals surface area contributed by atoms with Crippen molar-refractivity contribution in [3.63, 3.8) is 0 Å². The molecule has 4 aromatic rings. The van der Waals surface area contributed by atoms with Gasteiger partial charge in [0, 0.05) is 26.7 Å². The Morgan fingerprint density at radius 3 is 2.19 bits per heavy atom. The number of aromatic nitrogens is 2. The molecule has 0 atom stereocenters. The van der Waals surface area contributed by atoms with E-state index in [2.05, 4.69) is 15.3 Å². The van der Waals surface area contributed by atoms with E-state index in [9.17, 15) is 14.4 Å². The molecule has 8 nitrogen and oxygen atoms in total. The van der Waals surface area contributed by atoms with E-state index in [4.69, 9.17) is 29.0 Å². The first-order valence-corrected chi connectivity index (χ1v) is 10.0. The smallest absolute Gasteiger partial charge is 0.265 e. The van der Waals surface area contributed by atoms with Crippen molar-refractivity contribution in [1.29, 1.82) is 0 Å². The van der Waals surface area contributed by atoms with Crippen LogP contribution >= 0.6 is 23.2 Å². The summed E-state index contributed by atoms with van der Waals surface area (Å²) in [6, 6.07) is 15.6. The van der Waals surface area contributed by atoms with E-state index in [1.807, 2.05) is 5.43 Å². The Balaban J connectivity index is 1.71. The quantitative estimate of drug-likeness (QED) is 0.206. The highest BCUT2D eigenvalue weighted by atomic mass is 35.5. The lowest BCUT2D eigenvalue weighted by Crippen LogP contribution is -2.29. The Bertz CT molecular complexity index is 1420. The average Bonchev–Trinajstić information content (AvgIpc) is 2.80. The minimum atomic E-state index is -0.468. The summed E-state index contributed by atoms with van der Waals surface area (Å²) in [5.41, 5.74) is 3.54. The Morgan fingerprint density at radius 1 is 0.875 bits per heavy atom. The summed E-state index contributed by atoms with van der Waals surface area (Å²) in [4.78, 5) is 44.1. The number of aromatic amines is 1. The number of amides is 2. The number of benzene rings is 3. The molecule has 0 bridgehead atoms. The molecule has 4 rings (SSSR count). The molecule has 0 aliphatic rings. The zero-order chi connectivity index (χ0) is 22.8. The number of nitrogens with two attached hydrogens (primary N) is 1. The summed E-state index contributed by atoms with van der Waals surface area (Å²) in [5, 5.41) is 3.95.